The average Bonchev–Trinajstić information content (AvgIpc) is 2.95. The fourth-order valence-electron chi connectivity index (χ4n) is 1.31. The molecule has 19 heavy (non-hydrogen) atoms. The van der Waals surface area contributed by atoms with E-state index >= 15 is 0 Å². The molecule has 0 aliphatic carbocycles. The molecule has 0 amide bonds. The number of unbranched alkanes of at least 4 members (excludes halogenated alkanes) is 1. The van der Waals surface area contributed by atoms with Gasteiger partial charge < -0.3 is 0 Å². The topological polar surface area (TPSA) is 77.7 Å². The van der Waals surface area contributed by atoms with Crippen LogP contribution in [0.25, 0.3) is 0 Å². The minimum absolute atomic E-state index is 0.265. The number of sulfone groups is 1. The van der Waals surface area contributed by atoms with E-state index in [4.69, 9.17) is 0 Å². The molecule has 0 aromatic carbocycles. The van der Waals surface area contributed by atoms with E-state index in [1.807, 2.05) is 0 Å². The molecule has 0 atom stereocenters. The van der Waals surface area contributed by atoms with Crippen LogP contribution in [-0.4, -0.2) is 33.8 Å². The van der Waals surface area contributed by atoms with E-state index in [9.17, 15) is 8.42 Å². The minimum Gasteiger partial charge on any atom is -0.235 e. The molecule has 0 N–H and O–H groups in total. The van der Waals surface area contributed by atoms with E-state index in [1.165, 1.54) is 24.4 Å². The number of nitrogens with zero attached hydrogens (tertiary/aromatic N) is 4. The summed E-state index contributed by atoms with van der Waals surface area (Å²) in [6, 6.07) is 0. The number of hydrogen-bond acceptors (Lipinski definition) is 7. The van der Waals surface area contributed by atoms with Gasteiger partial charge in [-0.05, 0) is 6.42 Å². The molecule has 9 heteroatoms. The normalized spacial score (nSPS) is 11.9. The lowest BCUT2D eigenvalue weighted by Gasteiger charge is -1.94. The maximum atomic E-state index is 11.3. The van der Waals surface area contributed by atoms with Crippen LogP contribution in [0.4, 0.5) is 0 Å². The Kier molecular flexibility index (Phi) is 4.58. The second-order valence-electron chi connectivity index (χ2n) is 3.98. The highest BCUT2D eigenvalue weighted by Gasteiger charge is 2.13. The van der Waals surface area contributed by atoms with Gasteiger partial charge in [0.05, 0.1) is 6.20 Å². The molecule has 0 aliphatic heterocycles. The summed E-state index contributed by atoms with van der Waals surface area (Å²) in [7, 11) is -3.18. The molecule has 2 aromatic heterocycles. The molecule has 0 bridgehead atoms. The van der Waals surface area contributed by atoms with Crippen LogP contribution in [0.15, 0.2) is 21.1 Å². The Morgan fingerprint density at radius 1 is 1.42 bits per heavy atom. The van der Waals surface area contributed by atoms with Gasteiger partial charge in [-0.1, -0.05) is 24.7 Å². The Bertz CT molecular complexity index is 647. The molecular formula is C10H14N4O2S3. The van der Waals surface area contributed by atoms with Gasteiger partial charge >= 0.3 is 0 Å². The van der Waals surface area contributed by atoms with E-state index in [0.29, 0.717) is 4.34 Å². The van der Waals surface area contributed by atoms with Gasteiger partial charge in [-0.3, -0.25) is 0 Å². The Morgan fingerprint density at radius 2 is 2.21 bits per heavy atom. The monoisotopic (exact) mass is 318 g/mol. The van der Waals surface area contributed by atoms with Crippen molar-refractivity contribution in [3.63, 3.8) is 0 Å². The molecule has 104 valence electrons. The summed E-state index contributed by atoms with van der Waals surface area (Å²) in [6.45, 7) is 2.12. The highest BCUT2D eigenvalue weighted by molar-refractivity contribution is 8.00. The SMILES string of the molecule is CCCCc1ncn(Sc2ncc(S(C)(=O)=O)s2)n1. The van der Waals surface area contributed by atoms with Crippen LogP contribution in [0.2, 0.25) is 0 Å². The van der Waals surface area contributed by atoms with Crippen LogP contribution in [0, 0.1) is 0 Å². The Hall–Kier alpha value is -0.930. The lowest BCUT2D eigenvalue weighted by molar-refractivity contribution is 0.603. The molecule has 0 spiro atoms. The van der Waals surface area contributed by atoms with Crippen LogP contribution < -0.4 is 0 Å². The third-order valence-corrected chi connectivity index (χ3v) is 5.95. The van der Waals surface area contributed by atoms with Gasteiger partial charge in [0.2, 0.25) is 0 Å². The van der Waals surface area contributed by atoms with Crippen LogP contribution in [0.3, 0.4) is 0 Å². The highest BCUT2D eigenvalue weighted by atomic mass is 32.2. The van der Waals surface area contributed by atoms with E-state index < -0.39 is 9.84 Å². The summed E-state index contributed by atoms with van der Waals surface area (Å²) in [4.78, 5) is 8.26. The Balaban J connectivity index is 2.05. The van der Waals surface area contributed by atoms with Crippen molar-refractivity contribution in [1.82, 2.24) is 19.2 Å². The van der Waals surface area contributed by atoms with Crippen molar-refractivity contribution in [2.45, 2.75) is 34.7 Å². The summed E-state index contributed by atoms with van der Waals surface area (Å²) in [6.07, 6.45) is 7.19. The quantitative estimate of drug-likeness (QED) is 0.811. The van der Waals surface area contributed by atoms with E-state index in [2.05, 4.69) is 22.0 Å². The van der Waals surface area contributed by atoms with Crippen molar-refractivity contribution in [1.29, 1.82) is 0 Å². The lowest BCUT2D eigenvalue weighted by atomic mass is 10.2. The first-order chi connectivity index (χ1) is 8.99. The van der Waals surface area contributed by atoms with Gasteiger partial charge in [0.15, 0.2) is 20.0 Å². The maximum absolute atomic E-state index is 11.3. The van der Waals surface area contributed by atoms with E-state index in [0.717, 1.165) is 36.4 Å². The van der Waals surface area contributed by atoms with Gasteiger partial charge in [0.25, 0.3) is 0 Å². The number of rotatable bonds is 6. The van der Waals surface area contributed by atoms with Crippen molar-refractivity contribution in [2.75, 3.05) is 6.26 Å². The zero-order valence-corrected chi connectivity index (χ0v) is 13.1. The number of hydrogen-bond donors (Lipinski definition) is 0. The number of aromatic nitrogens is 4. The Morgan fingerprint density at radius 3 is 2.84 bits per heavy atom. The molecule has 0 unspecified atom stereocenters. The van der Waals surface area contributed by atoms with Crippen molar-refractivity contribution < 1.29 is 8.42 Å². The van der Waals surface area contributed by atoms with E-state index in [-0.39, 0.29) is 4.21 Å². The zero-order chi connectivity index (χ0) is 13.9. The summed E-state index contributed by atoms with van der Waals surface area (Å²) in [5.74, 6) is 0.800. The second kappa shape index (κ2) is 6.02. The van der Waals surface area contributed by atoms with Crippen molar-refractivity contribution in [3.05, 3.63) is 18.3 Å². The van der Waals surface area contributed by atoms with Crippen molar-refractivity contribution >= 4 is 33.1 Å². The fourth-order valence-corrected chi connectivity index (χ4v) is 4.08. The summed E-state index contributed by atoms with van der Waals surface area (Å²) in [5.41, 5.74) is 0. The standard InChI is InChI=1S/C10H14N4O2S3/c1-3-4-5-8-12-7-14(13-8)18-10-11-6-9(17-10)19(2,15)16/h6-7H,3-5H2,1-2H3. The van der Waals surface area contributed by atoms with Gasteiger partial charge in [-0.15, -0.1) is 5.10 Å². The highest BCUT2D eigenvalue weighted by Crippen LogP contribution is 2.27. The molecular weight excluding hydrogens is 304 g/mol. The van der Waals surface area contributed by atoms with Crippen LogP contribution in [0.5, 0.6) is 0 Å². The van der Waals surface area contributed by atoms with Gasteiger partial charge in [0.1, 0.15) is 10.5 Å². The molecule has 2 rings (SSSR count). The molecule has 0 radical (unpaired) electrons. The average molecular weight is 318 g/mol. The van der Waals surface area contributed by atoms with Gasteiger partial charge in [0, 0.05) is 24.6 Å². The van der Waals surface area contributed by atoms with Crippen LogP contribution in [-0.2, 0) is 16.3 Å². The number of aryl methyl sites for hydroxylation is 1. The summed E-state index contributed by atoms with van der Waals surface area (Å²) in [5, 5.41) is 4.30. The summed E-state index contributed by atoms with van der Waals surface area (Å²) >= 11 is 2.40. The molecule has 0 saturated heterocycles. The zero-order valence-electron chi connectivity index (χ0n) is 10.6. The van der Waals surface area contributed by atoms with Gasteiger partial charge in [-0.25, -0.2) is 18.4 Å². The second-order valence-corrected chi connectivity index (χ2v) is 8.45. The molecule has 6 nitrogen and oxygen atoms in total. The third-order valence-electron chi connectivity index (χ3n) is 2.27. The Labute approximate surface area is 120 Å². The lowest BCUT2D eigenvalue weighted by Crippen LogP contribution is -1.92. The number of thiazole rings is 1. The molecule has 2 aromatic rings. The molecule has 2 heterocycles. The first-order valence-corrected chi connectivity index (χ1v) is 9.22. The van der Waals surface area contributed by atoms with Crippen LogP contribution in [0.1, 0.15) is 25.6 Å². The molecule has 0 saturated carbocycles. The predicted octanol–water partition coefficient (Wildman–Crippen LogP) is 2.04. The van der Waals surface area contributed by atoms with Crippen molar-refractivity contribution in [2.24, 2.45) is 0 Å². The third kappa shape index (κ3) is 4.02. The first-order valence-electron chi connectivity index (χ1n) is 5.74. The fraction of sp³-hybridized carbons (Fsp3) is 0.500. The smallest absolute Gasteiger partial charge is 0.186 e. The van der Waals surface area contributed by atoms with Crippen LogP contribution >= 0.6 is 23.3 Å². The summed E-state index contributed by atoms with van der Waals surface area (Å²) < 4.78 is 25.2. The maximum Gasteiger partial charge on any atom is 0.186 e. The molecule has 0 fully saturated rings. The first kappa shape index (κ1) is 14.5. The minimum atomic E-state index is -3.18. The molecule has 0 aliphatic rings. The predicted molar refractivity (Wildman–Crippen MR) is 75.1 cm³/mol. The van der Waals surface area contributed by atoms with Crippen molar-refractivity contribution in [3.8, 4) is 0 Å². The largest absolute Gasteiger partial charge is 0.235 e. The van der Waals surface area contributed by atoms with E-state index in [1.54, 1.807) is 10.4 Å². The van der Waals surface area contributed by atoms with Gasteiger partial charge in [-0.2, -0.15) is 4.09 Å².